The van der Waals surface area contributed by atoms with Crippen molar-refractivity contribution in [1.29, 1.82) is 0 Å². The number of ether oxygens (including phenoxy) is 1. The van der Waals surface area contributed by atoms with Gasteiger partial charge in [-0.25, -0.2) is 4.39 Å². The molecule has 142 valence electrons. The van der Waals surface area contributed by atoms with Gasteiger partial charge in [0, 0.05) is 24.2 Å². The first kappa shape index (κ1) is 18.7. The van der Waals surface area contributed by atoms with Gasteiger partial charge in [-0.1, -0.05) is 12.1 Å². The Morgan fingerprint density at radius 2 is 2.11 bits per heavy atom. The summed E-state index contributed by atoms with van der Waals surface area (Å²) in [7, 11) is 1.45. The van der Waals surface area contributed by atoms with Gasteiger partial charge in [-0.3, -0.25) is 9.59 Å². The van der Waals surface area contributed by atoms with E-state index in [4.69, 9.17) is 10.5 Å². The van der Waals surface area contributed by atoms with Crippen LogP contribution in [0.4, 0.5) is 10.1 Å². The van der Waals surface area contributed by atoms with Crippen molar-refractivity contribution in [2.45, 2.75) is 25.3 Å². The van der Waals surface area contributed by atoms with Crippen LogP contribution in [0.2, 0.25) is 0 Å². The van der Waals surface area contributed by atoms with E-state index >= 15 is 0 Å². The molecule has 0 spiro atoms. The predicted octanol–water partition coefficient (Wildman–Crippen LogP) is 2.54. The molecule has 0 saturated heterocycles. The minimum Gasteiger partial charge on any atom is -0.494 e. The summed E-state index contributed by atoms with van der Waals surface area (Å²) in [4.78, 5) is 22.9. The van der Waals surface area contributed by atoms with Crippen molar-refractivity contribution in [2.75, 3.05) is 19.0 Å². The van der Waals surface area contributed by atoms with Gasteiger partial charge in [0.2, 0.25) is 5.91 Å². The van der Waals surface area contributed by atoms with Crippen molar-refractivity contribution in [3.05, 3.63) is 58.9 Å². The zero-order valence-corrected chi connectivity index (χ0v) is 15.0. The van der Waals surface area contributed by atoms with E-state index in [1.165, 1.54) is 7.11 Å². The molecule has 0 heterocycles. The number of anilines is 1. The number of carbonyl (C=O) groups excluding carboxylic acids is 2. The van der Waals surface area contributed by atoms with Gasteiger partial charge in [-0.2, -0.15) is 0 Å². The highest BCUT2D eigenvalue weighted by Crippen LogP contribution is 2.38. The molecule has 1 aliphatic rings. The molecule has 27 heavy (non-hydrogen) atoms. The third kappa shape index (κ3) is 4.19. The highest BCUT2D eigenvalue weighted by atomic mass is 19.1. The number of halogens is 1. The lowest BCUT2D eigenvalue weighted by Gasteiger charge is -2.17. The molecule has 1 atom stereocenters. The van der Waals surface area contributed by atoms with Gasteiger partial charge < -0.3 is 21.1 Å². The number of methoxy groups -OCH3 is 1. The SMILES string of the molecule is COc1ccc2c(c1F)CCC2Nc1cccc(C(=O)NCCC(N)=O)c1. The third-order valence-electron chi connectivity index (χ3n) is 4.64. The minimum atomic E-state index is -0.463. The molecule has 7 heteroatoms. The average molecular weight is 371 g/mol. The van der Waals surface area contributed by atoms with E-state index in [9.17, 15) is 14.0 Å². The Morgan fingerprint density at radius 1 is 1.30 bits per heavy atom. The van der Waals surface area contributed by atoms with Crippen molar-refractivity contribution >= 4 is 17.5 Å². The van der Waals surface area contributed by atoms with Crippen LogP contribution in [0.15, 0.2) is 36.4 Å². The predicted molar refractivity (Wildman–Crippen MR) is 100 cm³/mol. The molecule has 0 radical (unpaired) electrons. The van der Waals surface area contributed by atoms with Crippen LogP contribution in [-0.2, 0) is 11.2 Å². The Kier molecular flexibility index (Phi) is 5.59. The lowest BCUT2D eigenvalue weighted by Crippen LogP contribution is -2.27. The second-order valence-corrected chi connectivity index (χ2v) is 6.44. The summed E-state index contributed by atoms with van der Waals surface area (Å²) in [6.45, 7) is 0.197. The molecule has 0 saturated carbocycles. The van der Waals surface area contributed by atoms with Crippen LogP contribution in [0.1, 0.15) is 40.4 Å². The Labute approximate surface area is 156 Å². The van der Waals surface area contributed by atoms with E-state index < -0.39 is 5.91 Å². The molecular formula is C20H22FN3O3. The second kappa shape index (κ2) is 8.07. The molecule has 6 nitrogen and oxygen atoms in total. The summed E-state index contributed by atoms with van der Waals surface area (Å²) >= 11 is 0. The quantitative estimate of drug-likeness (QED) is 0.697. The van der Waals surface area contributed by atoms with Gasteiger partial charge >= 0.3 is 0 Å². The van der Waals surface area contributed by atoms with Crippen LogP contribution in [0.3, 0.4) is 0 Å². The van der Waals surface area contributed by atoms with Crippen molar-refractivity contribution in [2.24, 2.45) is 5.73 Å². The highest BCUT2D eigenvalue weighted by Gasteiger charge is 2.27. The van der Waals surface area contributed by atoms with Crippen LogP contribution in [0, 0.1) is 5.82 Å². The van der Waals surface area contributed by atoms with Crippen LogP contribution >= 0.6 is 0 Å². The van der Waals surface area contributed by atoms with Crippen LogP contribution in [-0.4, -0.2) is 25.5 Å². The molecule has 1 aliphatic carbocycles. The van der Waals surface area contributed by atoms with Gasteiger partial charge in [0.25, 0.3) is 5.91 Å². The second-order valence-electron chi connectivity index (χ2n) is 6.44. The Morgan fingerprint density at radius 3 is 2.85 bits per heavy atom. The number of nitrogens with one attached hydrogen (secondary N) is 2. The summed E-state index contributed by atoms with van der Waals surface area (Å²) < 4.78 is 19.4. The Balaban J connectivity index is 1.70. The van der Waals surface area contributed by atoms with E-state index in [0.717, 1.165) is 17.7 Å². The number of fused-ring (bicyclic) bond motifs is 1. The van der Waals surface area contributed by atoms with Crippen molar-refractivity contribution in [3.8, 4) is 5.75 Å². The molecule has 0 aliphatic heterocycles. The fourth-order valence-electron chi connectivity index (χ4n) is 3.30. The van der Waals surface area contributed by atoms with Crippen LogP contribution in [0.25, 0.3) is 0 Å². The highest BCUT2D eigenvalue weighted by molar-refractivity contribution is 5.95. The fourth-order valence-corrected chi connectivity index (χ4v) is 3.30. The molecule has 2 amide bonds. The summed E-state index contributed by atoms with van der Waals surface area (Å²) in [5.74, 6) is -0.789. The number of nitrogens with two attached hydrogens (primary N) is 1. The van der Waals surface area contributed by atoms with Gasteiger partial charge in [-0.05, 0) is 48.2 Å². The Hall–Kier alpha value is -3.09. The van der Waals surface area contributed by atoms with Gasteiger partial charge in [-0.15, -0.1) is 0 Å². The molecular weight excluding hydrogens is 349 g/mol. The summed E-state index contributed by atoms with van der Waals surface area (Å²) in [6.07, 6.45) is 1.48. The van der Waals surface area contributed by atoms with E-state index in [1.54, 1.807) is 24.3 Å². The average Bonchev–Trinajstić information content (AvgIpc) is 3.05. The smallest absolute Gasteiger partial charge is 0.251 e. The van der Waals surface area contributed by atoms with Gasteiger partial charge in [0.15, 0.2) is 11.6 Å². The molecule has 0 bridgehead atoms. The summed E-state index contributed by atoms with van der Waals surface area (Å²) in [5, 5.41) is 6.03. The van der Waals surface area contributed by atoms with E-state index in [-0.39, 0.29) is 36.5 Å². The zero-order valence-electron chi connectivity index (χ0n) is 15.0. The minimum absolute atomic E-state index is 0.0337. The topological polar surface area (TPSA) is 93.4 Å². The van der Waals surface area contributed by atoms with Gasteiger partial charge in [0.05, 0.1) is 13.2 Å². The normalized spacial score (nSPS) is 15.1. The molecule has 3 rings (SSSR count). The third-order valence-corrected chi connectivity index (χ3v) is 4.64. The maximum Gasteiger partial charge on any atom is 0.251 e. The number of primary amides is 1. The number of hydrogen-bond acceptors (Lipinski definition) is 4. The largest absolute Gasteiger partial charge is 0.494 e. The number of benzene rings is 2. The monoisotopic (exact) mass is 371 g/mol. The molecule has 2 aromatic rings. The first-order chi connectivity index (χ1) is 13.0. The number of carbonyl (C=O) groups is 2. The van der Waals surface area contributed by atoms with Gasteiger partial charge in [0.1, 0.15) is 0 Å². The lowest BCUT2D eigenvalue weighted by atomic mass is 10.1. The van der Waals surface area contributed by atoms with E-state index in [0.29, 0.717) is 17.5 Å². The maximum atomic E-state index is 14.4. The number of hydrogen-bond donors (Lipinski definition) is 3. The first-order valence-electron chi connectivity index (χ1n) is 8.78. The van der Waals surface area contributed by atoms with E-state index in [1.807, 2.05) is 12.1 Å². The standard InChI is InChI=1S/C20H22FN3O3/c1-27-17-8-6-14-15(19(17)21)5-7-16(14)24-13-4-2-3-12(11-13)20(26)23-10-9-18(22)25/h2-4,6,8,11,16,24H,5,7,9-10H2,1H3,(H2,22,25)(H,23,26). The number of amides is 2. The maximum absolute atomic E-state index is 14.4. The first-order valence-corrected chi connectivity index (χ1v) is 8.78. The van der Waals surface area contributed by atoms with Crippen LogP contribution in [0.5, 0.6) is 5.75 Å². The molecule has 2 aromatic carbocycles. The number of rotatable bonds is 7. The van der Waals surface area contributed by atoms with Crippen LogP contribution < -0.4 is 21.1 Å². The van der Waals surface area contributed by atoms with Crippen molar-refractivity contribution in [1.82, 2.24) is 5.32 Å². The van der Waals surface area contributed by atoms with E-state index in [2.05, 4.69) is 10.6 Å². The van der Waals surface area contributed by atoms with Crippen molar-refractivity contribution < 1.29 is 18.7 Å². The molecule has 0 fully saturated rings. The Bertz CT molecular complexity index is 870. The molecule has 1 unspecified atom stereocenters. The summed E-state index contributed by atoms with van der Waals surface area (Å²) in [6, 6.07) is 10.5. The zero-order chi connectivity index (χ0) is 19.4. The summed E-state index contributed by atoms with van der Waals surface area (Å²) in [5.41, 5.74) is 7.89. The molecule has 0 aromatic heterocycles. The fraction of sp³-hybridized carbons (Fsp3) is 0.300. The van der Waals surface area contributed by atoms with Crippen molar-refractivity contribution in [3.63, 3.8) is 0 Å². The molecule has 4 N–H and O–H groups in total. The lowest BCUT2D eigenvalue weighted by molar-refractivity contribution is -0.117.